The zero-order chi connectivity index (χ0) is 13.3. The van der Waals surface area contributed by atoms with Crippen LogP contribution in [0.2, 0.25) is 5.02 Å². The molecule has 1 aliphatic carbocycles. The molecule has 18 heavy (non-hydrogen) atoms. The number of carbonyl (C=O) groups is 1. The van der Waals surface area contributed by atoms with Gasteiger partial charge in [0.2, 0.25) is 0 Å². The zero-order valence-electron chi connectivity index (χ0n) is 9.82. The molecule has 1 aromatic carbocycles. The predicted octanol–water partition coefficient (Wildman–Crippen LogP) is 2.43. The predicted molar refractivity (Wildman–Crippen MR) is 67.0 cm³/mol. The van der Waals surface area contributed by atoms with Gasteiger partial charge >= 0.3 is 5.97 Å². The van der Waals surface area contributed by atoms with Crippen molar-refractivity contribution in [1.29, 1.82) is 0 Å². The molecule has 0 spiro atoms. The first-order valence-corrected chi connectivity index (χ1v) is 6.34. The molecule has 0 heterocycles. The minimum absolute atomic E-state index is 0.0202. The monoisotopic (exact) mass is 270 g/mol. The zero-order valence-corrected chi connectivity index (χ0v) is 10.6. The molecule has 0 saturated carbocycles. The van der Waals surface area contributed by atoms with Crippen LogP contribution < -0.4 is 0 Å². The number of halogens is 1. The fourth-order valence-corrected chi connectivity index (χ4v) is 2.71. The van der Waals surface area contributed by atoms with Crippen LogP contribution >= 0.6 is 11.6 Å². The Hall–Kier alpha value is -1.26. The van der Waals surface area contributed by atoms with Gasteiger partial charge < -0.3 is 15.3 Å². The Labute approximate surface area is 110 Å². The number of hydrogen-bond acceptors (Lipinski definition) is 3. The van der Waals surface area contributed by atoms with Crippen molar-refractivity contribution in [3.8, 4) is 5.75 Å². The van der Waals surface area contributed by atoms with E-state index in [4.69, 9.17) is 16.7 Å². The maximum atomic E-state index is 10.8. The molecule has 0 aromatic heterocycles. The number of hydrogen-bond donors (Lipinski definition) is 3. The van der Waals surface area contributed by atoms with Crippen LogP contribution in [0, 0.1) is 0 Å². The number of carboxylic acid groups (broad SMARTS) is 1. The second-order valence-corrected chi connectivity index (χ2v) is 4.95. The van der Waals surface area contributed by atoms with E-state index in [1.807, 2.05) is 0 Å². The molecule has 0 amide bonds. The summed E-state index contributed by atoms with van der Waals surface area (Å²) >= 11 is 6.08. The number of aliphatic carboxylic acids is 1. The first kappa shape index (κ1) is 13.2. The van der Waals surface area contributed by atoms with Gasteiger partial charge in [0.05, 0.1) is 5.02 Å². The number of fused-ring (bicyclic) bond motifs is 1. The van der Waals surface area contributed by atoms with Crippen molar-refractivity contribution in [2.75, 3.05) is 0 Å². The van der Waals surface area contributed by atoms with E-state index in [9.17, 15) is 15.0 Å². The number of aryl methyl sites for hydroxylation is 1. The van der Waals surface area contributed by atoms with E-state index in [1.54, 1.807) is 6.07 Å². The van der Waals surface area contributed by atoms with E-state index in [0.29, 0.717) is 0 Å². The van der Waals surface area contributed by atoms with E-state index >= 15 is 0 Å². The van der Waals surface area contributed by atoms with E-state index in [0.717, 1.165) is 43.2 Å². The van der Waals surface area contributed by atoms with Gasteiger partial charge in [-0.25, -0.2) is 4.79 Å². The summed E-state index contributed by atoms with van der Waals surface area (Å²) in [5, 5.41) is 28.5. The summed E-state index contributed by atoms with van der Waals surface area (Å²) in [6, 6.07) is 1.57. The van der Waals surface area contributed by atoms with Gasteiger partial charge in [0.15, 0.2) is 6.10 Å². The van der Waals surface area contributed by atoms with E-state index < -0.39 is 12.1 Å². The number of aromatic hydroxyl groups is 1. The van der Waals surface area contributed by atoms with Crippen molar-refractivity contribution in [1.82, 2.24) is 0 Å². The maximum Gasteiger partial charge on any atom is 0.337 e. The molecular formula is C13H15ClO4. The summed E-state index contributed by atoms with van der Waals surface area (Å²) in [5.74, 6) is -1.71. The minimum atomic E-state index is -1.74. The van der Waals surface area contributed by atoms with Gasteiger partial charge in [0.1, 0.15) is 5.75 Å². The van der Waals surface area contributed by atoms with Crippen LogP contribution in [0.3, 0.4) is 0 Å². The fraction of sp³-hybridized carbons (Fsp3) is 0.462. The Balaban J connectivity index is 2.53. The highest BCUT2D eigenvalue weighted by Crippen LogP contribution is 2.39. The molecule has 0 fully saturated rings. The number of rotatable bonds is 2. The highest BCUT2D eigenvalue weighted by molar-refractivity contribution is 6.33. The molecular weight excluding hydrogens is 256 g/mol. The van der Waals surface area contributed by atoms with Crippen molar-refractivity contribution in [3.05, 3.63) is 27.8 Å². The van der Waals surface area contributed by atoms with Crippen molar-refractivity contribution in [3.63, 3.8) is 0 Å². The summed E-state index contributed by atoms with van der Waals surface area (Å²) in [7, 11) is 0. The second kappa shape index (κ2) is 5.16. The van der Waals surface area contributed by atoms with Crippen LogP contribution in [-0.4, -0.2) is 21.3 Å². The highest BCUT2D eigenvalue weighted by Gasteiger charge is 2.25. The highest BCUT2D eigenvalue weighted by atomic mass is 35.5. The molecule has 0 saturated heterocycles. The second-order valence-electron chi connectivity index (χ2n) is 4.57. The average Bonchev–Trinajstić information content (AvgIpc) is 2.58. The third-order valence-corrected chi connectivity index (χ3v) is 3.77. The van der Waals surface area contributed by atoms with Crippen LogP contribution in [0.15, 0.2) is 6.07 Å². The van der Waals surface area contributed by atoms with Gasteiger partial charge in [-0.15, -0.1) is 0 Å². The fourth-order valence-electron chi connectivity index (χ4n) is 2.38. The molecule has 3 N–H and O–H groups in total. The van der Waals surface area contributed by atoms with E-state index in [-0.39, 0.29) is 16.3 Å². The summed E-state index contributed by atoms with van der Waals surface area (Å²) in [5.41, 5.74) is 1.80. The summed E-state index contributed by atoms with van der Waals surface area (Å²) in [6.45, 7) is 0. The average molecular weight is 271 g/mol. The largest absolute Gasteiger partial charge is 0.506 e. The Morgan fingerprint density at radius 3 is 2.61 bits per heavy atom. The first-order chi connectivity index (χ1) is 8.52. The van der Waals surface area contributed by atoms with Crippen LogP contribution in [0.4, 0.5) is 0 Å². The molecule has 1 unspecified atom stereocenters. The number of aliphatic hydroxyl groups is 1. The van der Waals surface area contributed by atoms with Gasteiger partial charge in [-0.05, 0) is 42.9 Å². The van der Waals surface area contributed by atoms with Crippen molar-refractivity contribution >= 4 is 17.6 Å². The molecule has 98 valence electrons. The molecule has 1 aromatic rings. The SMILES string of the molecule is O=C(O)C(O)c1cc2c(c(Cl)c1O)CCCCC2. The molecule has 2 rings (SSSR count). The molecule has 1 aliphatic rings. The molecule has 4 nitrogen and oxygen atoms in total. The lowest BCUT2D eigenvalue weighted by atomic mass is 9.96. The third-order valence-electron chi connectivity index (χ3n) is 3.37. The molecule has 5 heteroatoms. The van der Waals surface area contributed by atoms with E-state index in [1.165, 1.54) is 0 Å². The molecule has 0 bridgehead atoms. The van der Waals surface area contributed by atoms with Gasteiger partial charge in [-0.2, -0.15) is 0 Å². The summed E-state index contributed by atoms with van der Waals surface area (Å²) in [4.78, 5) is 10.8. The number of aliphatic hydroxyl groups excluding tert-OH is 1. The Morgan fingerprint density at radius 2 is 1.94 bits per heavy atom. The Bertz CT molecular complexity index is 484. The molecule has 1 atom stereocenters. The molecule has 0 radical (unpaired) electrons. The van der Waals surface area contributed by atoms with Crippen LogP contribution in [0.1, 0.15) is 42.1 Å². The van der Waals surface area contributed by atoms with Crippen molar-refractivity contribution in [2.24, 2.45) is 0 Å². The lowest BCUT2D eigenvalue weighted by Crippen LogP contribution is -2.12. The maximum absolute atomic E-state index is 10.8. The number of phenols is 1. The van der Waals surface area contributed by atoms with Gasteiger partial charge in [0.25, 0.3) is 0 Å². The quantitative estimate of drug-likeness (QED) is 0.721. The Kier molecular flexibility index (Phi) is 3.78. The minimum Gasteiger partial charge on any atom is -0.506 e. The summed E-state index contributed by atoms with van der Waals surface area (Å²) < 4.78 is 0. The number of phenolic OH excluding ortho intramolecular Hbond substituents is 1. The van der Waals surface area contributed by atoms with Crippen molar-refractivity contribution < 1.29 is 20.1 Å². The third kappa shape index (κ3) is 2.31. The lowest BCUT2D eigenvalue weighted by molar-refractivity contribution is -0.147. The van der Waals surface area contributed by atoms with Gasteiger partial charge in [0, 0.05) is 5.56 Å². The van der Waals surface area contributed by atoms with E-state index in [2.05, 4.69) is 0 Å². The normalized spacial score (nSPS) is 16.8. The van der Waals surface area contributed by atoms with Gasteiger partial charge in [-0.1, -0.05) is 18.0 Å². The van der Waals surface area contributed by atoms with Gasteiger partial charge in [-0.3, -0.25) is 0 Å². The number of carboxylic acids is 1. The number of benzene rings is 1. The smallest absolute Gasteiger partial charge is 0.337 e. The summed E-state index contributed by atoms with van der Waals surface area (Å²) in [6.07, 6.45) is 2.95. The first-order valence-electron chi connectivity index (χ1n) is 5.96. The van der Waals surface area contributed by atoms with Crippen LogP contribution in [-0.2, 0) is 17.6 Å². The topological polar surface area (TPSA) is 77.8 Å². The molecule has 0 aliphatic heterocycles. The van der Waals surface area contributed by atoms with Crippen molar-refractivity contribution in [2.45, 2.75) is 38.2 Å². The van der Waals surface area contributed by atoms with Crippen LogP contribution in [0.25, 0.3) is 0 Å². The Morgan fingerprint density at radius 1 is 1.28 bits per heavy atom. The standard InChI is InChI=1S/C13H15ClO4/c14-10-8-5-3-1-2-4-7(8)6-9(11(10)15)12(16)13(17)18/h6,12,15-16H,1-5H2,(H,17,18). The van der Waals surface area contributed by atoms with Crippen LogP contribution in [0.5, 0.6) is 5.75 Å². The lowest BCUT2D eigenvalue weighted by Gasteiger charge is -2.15.